The van der Waals surface area contributed by atoms with Crippen molar-refractivity contribution in [1.82, 2.24) is 5.32 Å². The largest absolute Gasteiger partial charge is 0.376 e. The Bertz CT molecular complexity index is 401. The molecule has 1 fully saturated rings. The van der Waals surface area contributed by atoms with Crippen molar-refractivity contribution in [3.8, 4) is 0 Å². The average Bonchev–Trinajstić information content (AvgIpc) is 2.58. The summed E-state index contributed by atoms with van der Waals surface area (Å²) in [7, 11) is 1.72. The summed E-state index contributed by atoms with van der Waals surface area (Å²) in [5.74, 6) is -0.00729. The molecule has 1 aromatic rings. The van der Waals surface area contributed by atoms with E-state index in [-0.39, 0.29) is 11.5 Å². The summed E-state index contributed by atoms with van der Waals surface area (Å²) >= 11 is 4.90. The van der Waals surface area contributed by atoms with E-state index in [2.05, 4.69) is 21.2 Å². The van der Waals surface area contributed by atoms with E-state index in [4.69, 9.17) is 4.74 Å². The molecule has 1 aliphatic rings. The topological polar surface area (TPSA) is 38.3 Å². The Balaban J connectivity index is 1.93. The molecule has 0 radical (unpaired) electrons. The lowest BCUT2D eigenvalue weighted by Crippen LogP contribution is -2.49. The molecule has 0 saturated heterocycles. The number of methoxy groups -OCH3 is 1. The van der Waals surface area contributed by atoms with Crippen molar-refractivity contribution in [2.75, 3.05) is 13.7 Å². The minimum atomic E-state index is -0.112. The van der Waals surface area contributed by atoms with Gasteiger partial charge >= 0.3 is 0 Å². The minimum absolute atomic E-state index is 0.00729. The Morgan fingerprint density at radius 1 is 1.65 bits per heavy atom. The second-order valence-electron chi connectivity index (χ2n) is 4.49. The summed E-state index contributed by atoms with van der Waals surface area (Å²) in [6.07, 6.45) is 3.27. The van der Waals surface area contributed by atoms with Crippen LogP contribution in [0.1, 0.15) is 34.5 Å². The molecule has 1 N–H and O–H groups in total. The predicted molar refractivity (Wildman–Crippen MR) is 72.7 cm³/mol. The summed E-state index contributed by atoms with van der Waals surface area (Å²) < 4.78 is 6.49. The van der Waals surface area contributed by atoms with Crippen molar-refractivity contribution in [3.63, 3.8) is 0 Å². The Labute approximate surface area is 114 Å². The summed E-state index contributed by atoms with van der Waals surface area (Å²) in [6.45, 7) is 2.59. The van der Waals surface area contributed by atoms with Crippen LogP contribution in [0.4, 0.5) is 0 Å². The summed E-state index contributed by atoms with van der Waals surface area (Å²) in [6, 6.07) is 1.91. The first-order chi connectivity index (χ1) is 8.06. The maximum atomic E-state index is 11.9. The lowest BCUT2D eigenvalue weighted by Gasteiger charge is -2.40. The van der Waals surface area contributed by atoms with E-state index in [0.29, 0.717) is 6.54 Å². The smallest absolute Gasteiger partial charge is 0.261 e. The number of aryl methyl sites for hydroxylation is 1. The van der Waals surface area contributed by atoms with Gasteiger partial charge < -0.3 is 10.1 Å². The molecule has 5 heteroatoms. The summed E-state index contributed by atoms with van der Waals surface area (Å²) in [5, 5.41) is 2.96. The van der Waals surface area contributed by atoms with E-state index < -0.39 is 0 Å². The van der Waals surface area contributed by atoms with Crippen molar-refractivity contribution in [1.29, 1.82) is 0 Å². The molecule has 17 heavy (non-hydrogen) atoms. The van der Waals surface area contributed by atoms with Crippen molar-refractivity contribution in [2.45, 2.75) is 31.8 Å². The van der Waals surface area contributed by atoms with Crippen molar-refractivity contribution >= 4 is 33.2 Å². The van der Waals surface area contributed by atoms with Gasteiger partial charge in [-0.2, -0.15) is 0 Å². The van der Waals surface area contributed by atoms with E-state index in [0.717, 1.165) is 27.1 Å². The molecule has 1 saturated carbocycles. The Kier molecular flexibility index (Phi) is 3.90. The number of amides is 1. The number of halogens is 1. The molecule has 1 heterocycles. The van der Waals surface area contributed by atoms with Crippen molar-refractivity contribution in [3.05, 3.63) is 20.3 Å². The van der Waals surface area contributed by atoms with Crippen LogP contribution >= 0.6 is 27.3 Å². The van der Waals surface area contributed by atoms with Crippen LogP contribution in [-0.2, 0) is 4.74 Å². The number of nitrogens with one attached hydrogen (secondary N) is 1. The highest BCUT2D eigenvalue weighted by molar-refractivity contribution is 9.11. The van der Waals surface area contributed by atoms with Gasteiger partial charge in [-0.3, -0.25) is 4.79 Å². The van der Waals surface area contributed by atoms with Crippen LogP contribution in [0.2, 0.25) is 0 Å². The zero-order valence-electron chi connectivity index (χ0n) is 10.0. The highest BCUT2D eigenvalue weighted by Gasteiger charge is 2.37. The SMILES string of the molecule is COC1(CNC(=O)c2cc(C)c(Br)s2)CCC1. The third-order valence-corrected chi connectivity index (χ3v) is 5.49. The molecular formula is C12H16BrNO2S. The highest BCUT2D eigenvalue weighted by Crippen LogP contribution is 2.34. The lowest BCUT2D eigenvalue weighted by molar-refractivity contribution is -0.0679. The Morgan fingerprint density at radius 3 is 2.76 bits per heavy atom. The van der Waals surface area contributed by atoms with Gasteiger partial charge in [-0.25, -0.2) is 0 Å². The van der Waals surface area contributed by atoms with Gasteiger partial charge in [-0.15, -0.1) is 11.3 Å². The fraction of sp³-hybridized carbons (Fsp3) is 0.583. The molecule has 0 bridgehead atoms. The van der Waals surface area contributed by atoms with Gasteiger partial charge in [0.25, 0.3) is 5.91 Å². The minimum Gasteiger partial charge on any atom is -0.376 e. The highest BCUT2D eigenvalue weighted by atomic mass is 79.9. The first kappa shape index (κ1) is 13.1. The van der Waals surface area contributed by atoms with Gasteiger partial charge in [0.1, 0.15) is 0 Å². The van der Waals surface area contributed by atoms with Crippen LogP contribution in [-0.4, -0.2) is 25.2 Å². The molecule has 1 aromatic heterocycles. The van der Waals surface area contributed by atoms with Crippen molar-refractivity contribution < 1.29 is 9.53 Å². The van der Waals surface area contributed by atoms with E-state index in [9.17, 15) is 4.79 Å². The lowest BCUT2D eigenvalue weighted by atomic mass is 9.80. The molecule has 1 aliphatic carbocycles. The number of hydrogen-bond donors (Lipinski definition) is 1. The zero-order valence-corrected chi connectivity index (χ0v) is 12.4. The fourth-order valence-corrected chi connectivity index (χ4v) is 3.38. The van der Waals surface area contributed by atoms with Crippen LogP contribution in [0.25, 0.3) is 0 Å². The van der Waals surface area contributed by atoms with Crippen LogP contribution in [0.5, 0.6) is 0 Å². The molecule has 0 aromatic carbocycles. The first-order valence-corrected chi connectivity index (χ1v) is 7.26. The molecule has 94 valence electrons. The summed E-state index contributed by atoms with van der Waals surface area (Å²) in [5.41, 5.74) is 0.990. The zero-order chi connectivity index (χ0) is 12.5. The molecule has 1 amide bonds. The standard InChI is InChI=1S/C12H16BrNO2S/c1-8-6-9(17-10(8)13)11(15)14-7-12(16-2)4-3-5-12/h6H,3-5,7H2,1-2H3,(H,14,15). The van der Waals surface area contributed by atoms with E-state index in [1.165, 1.54) is 17.8 Å². The van der Waals surface area contributed by atoms with Crippen LogP contribution in [0.3, 0.4) is 0 Å². The second kappa shape index (κ2) is 5.08. The molecule has 0 aliphatic heterocycles. The number of ether oxygens (including phenoxy) is 1. The fourth-order valence-electron chi connectivity index (χ4n) is 1.92. The number of carbonyl (C=O) groups is 1. The third kappa shape index (κ3) is 2.72. The first-order valence-electron chi connectivity index (χ1n) is 5.66. The van der Waals surface area contributed by atoms with E-state index in [1.54, 1.807) is 7.11 Å². The number of carbonyl (C=O) groups excluding carboxylic acids is 1. The molecule has 0 spiro atoms. The van der Waals surface area contributed by atoms with Crippen LogP contribution < -0.4 is 5.32 Å². The monoisotopic (exact) mass is 317 g/mol. The molecule has 0 unspecified atom stereocenters. The Hall–Kier alpha value is -0.390. The molecule has 3 nitrogen and oxygen atoms in total. The molecule has 2 rings (SSSR count). The van der Waals surface area contributed by atoms with Gasteiger partial charge in [-0.1, -0.05) is 0 Å². The number of thiophene rings is 1. The maximum Gasteiger partial charge on any atom is 0.261 e. The van der Waals surface area contributed by atoms with E-state index in [1.807, 2.05) is 13.0 Å². The predicted octanol–water partition coefficient (Wildman–Crippen LogP) is 3.12. The third-order valence-electron chi connectivity index (χ3n) is 3.35. The number of hydrogen-bond acceptors (Lipinski definition) is 3. The van der Waals surface area contributed by atoms with Gasteiger partial charge in [0.15, 0.2) is 0 Å². The molecule has 0 atom stereocenters. The van der Waals surface area contributed by atoms with Crippen LogP contribution in [0, 0.1) is 6.92 Å². The van der Waals surface area contributed by atoms with E-state index >= 15 is 0 Å². The number of rotatable bonds is 4. The van der Waals surface area contributed by atoms with Gasteiger partial charge in [0.2, 0.25) is 0 Å². The Morgan fingerprint density at radius 2 is 2.35 bits per heavy atom. The maximum absolute atomic E-state index is 11.9. The average molecular weight is 318 g/mol. The second-order valence-corrected chi connectivity index (χ2v) is 6.86. The molecular weight excluding hydrogens is 302 g/mol. The summed E-state index contributed by atoms with van der Waals surface area (Å²) in [4.78, 5) is 12.7. The van der Waals surface area contributed by atoms with Gasteiger partial charge in [0, 0.05) is 13.7 Å². The van der Waals surface area contributed by atoms with Gasteiger partial charge in [-0.05, 0) is 53.7 Å². The normalized spacial score (nSPS) is 17.6. The van der Waals surface area contributed by atoms with Crippen LogP contribution in [0.15, 0.2) is 9.85 Å². The van der Waals surface area contributed by atoms with Crippen molar-refractivity contribution in [2.24, 2.45) is 0 Å². The quantitative estimate of drug-likeness (QED) is 0.926. The van der Waals surface area contributed by atoms with Gasteiger partial charge in [0.05, 0.1) is 14.3 Å².